The van der Waals surface area contributed by atoms with Crippen molar-refractivity contribution in [3.05, 3.63) is 46.5 Å². The third-order valence-electron chi connectivity index (χ3n) is 2.73. The molecule has 0 aliphatic carbocycles. The SMILES string of the molecule is CCCn1cc(Br)cc1C(=O)Nc1ccc(C)nc1. The van der Waals surface area contributed by atoms with Gasteiger partial charge in [0.25, 0.3) is 5.91 Å². The summed E-state index contributed by atoms with van der Waals surface area (Å²) in [6, 6.07) is 5.55. The maximum atomic E-state index is 12.2. The molecule has 0 radical (unpaired) electrons. The Balaban J connectivity index is 2.17. The van der Waals surface area contributed by atoms with Gasteiger partial charge in [0, 0.05) is 22.9 Å². The molecule has 2 aromatic heterocycles. The molecule has 19 heavy (non-hydrogen) atoms. The lowest BCUT2D eigenvalue weighted by Gasteiger charge is -2.08. The minimum atomic E-state index is -0.121. The zero-order valence-corrected chi connectivity index (χ0v) is 12.6. The van der Waals surface area contributed by atoms with Crippen LogP contribution in [0, 0.1) is 6.92 Å². The molecule has 4 nitrogen and oxygen atoms in total. The molecule has 2 rings (SSSR count). The lowest BCUT2D eigenvalue weighted by atomic mass is 10.3. The van der Waals surface area contributed by atoms with Crippen LogP contribution in [0.25, 0.3) is 0 Å². The summed E-state index contributed by atoms with van der Waals surface area (Å²) < 4.78 is 2.86. The van der Waals surface area contributed by atoms with Crippen molar-refractivity contribution in [3.8, 4) is 0 Å². The summed E-state index contributed by atoms with van der Waals surface area (Å²) in [5.74, 6) is -0.121. The Morgan fingerprint density at radius 2 is 2.26 bits per heavy atom. The second kappa shape index (κ2) is 6.02. The molecular weight excluding hydrogens is 306 g/mol. The molecule has 1 N–H and O–H groups in total. The van der Waals surface area contributed by atoms with E-state index in [0.29, 0.717) is 11.4 Å². The number of nitrogens with zero attached hydrogens (tertiary/aromatic N) is 2. The summed E-state index contributed by atoms with van der Waals surface area (Å²) in [5, 5.41) is 2.85. The van der Waals surface area contributed by atoms with Crippen LogP contribution in [0.5, 0.6) is 0 Å². The summed E-state index contributed by atoms with van der Waals surface area (Å²) in [6.07, 6.45) is 4.56. The number of amides is 1. The molecule has 0 aliphatic rings. The van der Waals surface area contributed by atoms with E-state index in [1.165, 1.54) is 0 Å². The second-order valence-corrected chi connectivity index (χ2v) is 5.30. The third-order valence-corrected chi connectivity index (χ3v) is 3.16. The third kappa shape index (κ3) is 3.44. The number of aromatic nitrogens is 2. The summed E-state index contributed by atoms with van der Waals surface area (Å²) in [5.41, 5.74) is 2.28. The molecule has 0 aromatic carbocycles. The van der Waals surface area contributed by atoms with Crippen molar-refractivity contribution >= 4 is 27.5 Å². The van der Waals surface area contributed by atoms with E-state index in [0.717, 1.165) is 23.1 Å². The molecule has 0 fully saturated rings. The predicted molar refractivity (Wildman–Crippen MR) is 79.4 cm³/mol. The number of carbonyl (C=O) groups is 1. The number of hydrogen-bond acceptors (Lipinski definition) is 2. The summed E-state index contributed by atoms with van der Waals surface area (Å²) in [7, 11) is 0. The van der Waals surface area contributed by atoms with Crippen LogP contribution < -0.4 is 5.32 Å². The fourth-order valence-corrected chi connectivity index (χ4v) is 2.29. The minimum Gasteiger partial charge on any atom is -0.342 e. The summed E-state index contributed by atoms with van der Waals surface area (Å²) in [6.45, 7) is 4.81. The maximum Gasteiger partial charge on any atom is 0.272 e. The topological polar surface area (TPSA) is 46.9 Å². The quantitative estimate of drug-likeness (QED) is 0.934. The van der Waals surface area contributed by atoms with Crippen LogP contribution in [0.3, 0.4) is 0 Å². The highest BCUT2D eigenvalue weighted by Gasteiger charge is 2.12. The smallest absolute Gasteiger partial charge is 0.272 e. The Bertz CT molecular complexity index is 575. The van der Waals surface area contributed by atoms with E-state index in [4.69, 9.17) is 0 Å². The molecule has 0 atom stereocenters. The highest BCUT2D eigenvalue weighted by atomic mass is 79.9. The van der Waals surface area contributed by atoms with Crippen LogP contribution in [0.2, 0.25) is 0 Å². The predicted octanol–water partition coefficient (Wildman–Crippen LogP) is 3.62. The molecular formula is C14H16BrN3O. The van der Waals surface area contributed by atoms with E-state index in [1.807, 2.05) is 35.9 Å². The van der Waals surface area contributed by atoms with Crippen molar-refractivity contribution in [3.63, 3.8) is 0 Å². The van der Waals surface area contributed by atoms with Crippen LogP contribution in [-0.4, -0.2) is 15.5 Å². The van der Waals surface area contributed by atoms with Gasteiger partial charge in [-0.3, -0.25) is 9.78 Å². The molecule has 0 spiro atoms. The first kappa shape index (κ1) is 13.8. The Morgan fingerprint density at radius 3 is 2.89 bits per heavy atom. The summed E-state index contributed by atoms with van der Waals surface area (Å²) in [4.78, 5) is 16.4. The van der Waals surface area contributed by atoms with Gasteiger partial charge in [-0.25, -0.2) is 0 Å². The second-order valence-electron chi connectivity index (χ2n) is 4.38. The van der Waals surface area contributed by atoms with Gasteiger partial charge < -0.3 is 9.88 Å². The average molecular weight is 322 g/mol. The van der Waals surface area contributed by atoms with E-state index in [1.54, 1.807) is 6.20 Å². The van der Waals surface area contributed by atoms with E-state index < -0.39 is 0 Å². The number of rotatable bonds is 4. The zero-order chi connectivity index (χ0) is 13.8. The van der Waals surface area contributed by atoms with Gasteiger partial charge in [-0.05, 0) is 47.5 Å². The van der Waals surface area contributed by atoms with Crippen molar-refractivity contribution < 1.29 is 4.79 Å². The molecule has 0 bridgehead atoms. The highest BCUT2D eigenvalue weighted by molar-refractivity contribution is 9.10. The van der Waals surface area contributed by atoms with Crippen molar-refractivity contribution in [2.24, 2.45) is 0 Å². The molecule has 100 valence electrons. The minimum absolute atomic E-state index is 0.121. The van der Waals surface area contributed by atoms with Crippen molar-refractivity contribution in [2.45, 2.75) is 26.8 Å². The molecule has 0 saturated heterocycles. The number of nitrogens with one attached hydrogen (secondary N) is 1. The fourth-order valence-electron chi connectivity index (χ4n) is 1.83. The number of hydrogen-bond donors (Lipinski definition) is 1. The van der Waals surface area contributed by atoms with Gasteiger partial charge in [-0.1, -0.05) is 6.92 Å². The maximum absolute atomic E-state index is 12.2. The van der Waals surface area contributed by atoms with E-state index in [2.05, 4.69) is 33.2 Å². The van der Waals surface area contributed by atoms with Crippen molar-refractivity contribution in [2.75, 3.05) is 5.32 Å². The molecule has 2 aromatic rings. The fraction of sp³-hybridized carbons (Fsp3) is 0.286. The van der Waals surface area contributed by atoms with Gasteiger partial charge in [0.05, 0.1) is 11.9 Å². The van der Waals surface area contributed by atoms with E-state index in [-0.39, 0.29) is 5.91 Å². The Labute approximate surface area is 121 Å². The Morgan fingerprint density at radius 1 is 1.47 bits per heavy atom. The van der Waals surface area contributed by atoms with Crippen LogP contribution in [0.15, 0.2) is 35.1 Å². The number of aryl methyl sites for hydroxylation is 2. The van der Waals surface area contributed by atoms with E-state index >= 15 is 0 Å². The first-order chi connectivity index (χ1) is 9.10. The first-order valence-corrected chi connectivity index (χ1v) is 6.99. The lowest BCUT2D eigenvalue weighted by molar-refractivity contribution is 0.101. The molecule has 2 heterocycles. The standard InChI is InChI=1S/C14H16BrN3O/c1-3-6-18-9-11(15)7-13(18)14(19)17-12-5-4-10(2)16-8-12/h4-5,7-9H,3,6H2,1-2H3,(H,17,19). The summed E-state index contributed by atoms with van der Waals surface area (Å²) >= 11 is 3.40. The first-order valence-electron chi connectivity index (χ1n) is 6.20. The number of pyridine rings is 1. The molecule has 1 amide bonds. The molecule has 5 heteroatoms. The van der Waals surface area contributed by atoms with Gasteiger partial charge in [-0.15, -0.1) is 0 Å². The van der Waals surface area contributed by atoms with Crippen LogP contribution in [-0.2, 0) is 6.54 Å². The number of halogens is 1. The average Bonchev–Trinajstić information content (AvgIpc) is 2.74. The normalized spacial score (nSPS) is 10.5. The molecule has 0 saturated carbocycles. The Hall–Kier alpha value is -1.62. The largest absolute Gasteiger partial charge is 0.342 e. The van der Waals surface area contributed by atoms with E-state index in [9.17, 15) is 4.79 Å². The lowest BCUT2D eigenvalue weighted by Crippen LogP contribution is -2.16. The Kier molecular flexibility index (Phi) is 4.37. The van der Waals surface area contributed by atoms with Gasteiger partial charge in [0.2, 0.25) is 0 Å². The van der Waals surface area contributed by atoms with Gasteiger partial charge in [0.15, 0.2) is 0 Å². The van der Waals surface area contributed by atoms with Gasteiger partial charge in [0.1, 0.15) is 5.69 Å². The van der Waals surface area contributed by atoms with Crippen LogP contribution >= 0.6 is 15.9 Å². The molecule has 0 aliphatic heterocycles. The van der Waals surface area contributed by atoms with Crippen molar-refractivity contribution in [1.82, 2.24) is 9.55 Å². The molecule has 0 unspecified atom stereocenters. The monoisotopic (exact) mass is 321 g/mol. The van der Waals surface area contributed by atoms with Crippen LogP contribution in [0.1, 0.15) is 29.5 Å². The van der Waals surface area contributed by atoms with Crippen LogP contribution in [0.4, 0.5) is 5.69 Å². The number of anilines is 1. The number of carbonyl (C=O) groups excluding carboxylic acids is 1. The van der Waals surface area contributed by atoms with Gasteiger partial charge in [-0.2, -0.15) is 0 Å². The highest BCUT2D eigenvalue weighted by Crippen LogP contribution is 2.17. The van der Waals surface area contributed by atoms with Gasteiger partial charge >= 0.3 is 0 Å². The zero-order valence-electron chi connectivity index (χ0n) is 11.0. The van der Waals surface area contributed by atoms with Crippen molar-refractivity contribution in [1.29, 1.82) is 0 Å².